The first kappa shape index (κ1) is 14.9. The Kier molecular flexibility index (Phi) is 2.87. The van der Waals surface area contributed by atoms with Crippen LogP contribution in [-0.2, 0) is 0 Å². The standard InChI is InChI=1S/C21H19ClOS/c1-20(2)10-16(12-3-6-14(22)7-4-12)15-8-5-13(9-18(15)23-20)19-17-11-21(17,19)24/h3-10,17,19,24H,11H2,1-2H3. The maximum Gasteiger partial charge on any atom is 0.128 e. The predicted octanol–water partition coefficient (Wildman–Crippen LogP) is 5.73. The largest absolute Gasteiger partial charge is 0.483 e. The van der Waals surface area contributed by atoms with Gasteiger partial charge < -0.3 is 4.74 Å². The molecule has 5 rings (SSSR count). The van der Waals surface area contributed by atoms with Crippen LogP contribution in [0.4, 0.5) is 0 Å². The number of halogens is 1. The van der Waals surface area contributed by atoms with Gasteiger partial charge in [-0.15, -0.1) is 0 Å². The van der Waals surface area contributed by atoms with Gasteiger partial charge in [-0.25, -0.2) is 0 Å². The molecule has 122 valence electrons. The van der Waals surface area contributed by atoms with Crippen LogP contribution >= 0.6 is 24.2 Å². The second-order valence-electron chi connectivity index (χ2n) is 7.81. The molecule has 0 amide bonds. The Morgan fingerprint density at radius 3 is 2.46 bits per heavy atom. The van der Waals surface area contributed by atoms with Crippen LogP contribution in [0.15, 0.2) is 48.5 Å². The molecule has 2 saturated carbocycles. The highest BCUT2D eigenvalue weighted by Gasteiger charge is 2.77. The highest BCUT2D eigenvalue weighted by Crippen LogP contribution is 2.80. The van der Waals surface area contributed by atoms with E-state index < -0.39 is 0 Å². The van der Waals surface area contributed by atoms with Crippen LogP contribution in [0.3, 0.4) is 0 Å². The maximum absolute atomic E-state index is 6.27. The predicted molar refractivity (Wildman–Crippen MR) is 102 cm³/mol. The minimum absolute atomic E-state index is 0.285. The minimum atomic E-state index is -0.328. The quantitative estimate of drug-likeness (QED) is 0.678. The summed E-state index contributed by atoms with van der Waals surface area (Å²) in [5.41, 5.74) is 4.58. The summed E-state index contributed by atoms with van der Waals surface area (Å²) < 4.78 is 6.55. The molecule has 24 heavy (non-hydrogen) atoms. The molecule has 0 spiro atoms. The fraction of sp³-hybridized carbons (Fsp3) is 0.333. The van der Waals surface area contributed by atoms with Crippen LogP contribution in [0.2, 0.25) is 5.02 Å². The first-order valence-corrected chi connectivity index (χ1v) is 9.24. The summed E-state index contributed by atoms with van der Waals surface area (Å²) in [6.45, 7) is 4.21. The minimum Gasteiger partial charge on any atom is -0.483 e. The van der Waals surface area contributed by atoms with E-state index in [0.29, 0.717) is 5.92 Å². The summed E-state index contributed by atoms with van der Waals surface area (Å²) in [6, 6.07) is 14.7. The first-order valence-electron chi connectivity index (χ1n) is 8.42. The van der Waals surface area contributed by atoms with E-state index in [2.05, 4.69) is 50.3 Å². The number of hydrogen-bond donors (Lipinski definition) is 1. The summed E-state index contributed by atoms with van der Waals surface area (Å²) in [5.74, 6) is 2.37. The average molecular weight is 355 g/mol. The van der Waals surface area contributed by atoms with Gasteiger partial charge in [0.15, 0.2) is 0 Å². The van der Waals surface area contributed by atoms with Crippen molar-refractivity contribution in [3.05, 3.63) is 70.3 Å². The Morgan fingerprint density at radius 2 is 1.83 bits per heavy atom. The van der Waals surface area contributed by atoms with Crippen molar-refractivity contribution in [1.29, 1.82) is 0 Å². The molecule has 3 heteroatoms. The zero-order chi connectivity index (χ0) is 16.7. The summed E-state index contributed by atoms with van der Waals surface area (Å²) in [4.78, 5) is 0. The molecular weight excluding hydrogens is 336 g/mol. The molecular formula is C21H19ClOS. The fourth-order valence-corrected chi connectivity index (χ4v) is 4.77. The second kappa shape index (κ2) is 4.62. The monoisotopic (exact) mass is 354 g/mol. The van der Waals surface area contributed by atoms with E-state index in [1.165, 1.54) is 23.1 Å². The van der Waals surface area contributed by atoms with Gasteiger partial charge in [-0.2, -0.15) is 12.6 Å². The molecule has 2 aliphatic carbocycles. The molecule has 2 fully saturated rings. The van der Waals surface area contributed by atoms with Crippen molar-refractivity contribution in [2.45, 2.75) is 36.5 Å². The van der Waals surface area contributed by atoms with Gasteiger partial charge in [0, 0.05) is 21.3 Å². The van der Waals surface area contributed by atoms with Gasteiger partial charge in [-0.05, 0) is 67.2 Å². The molecule has 3 atom stereocenters. The third-order valence-corrected chi connectivity index (χ3v) is 6.58. The van der Waals surface area contributed by atoms with E-state index in [1.807, 2.05) is 12.1 Å². The van der Waals surface area contributed by atoms with Crippen LogP contribution < -0.4 is 4.74 Å². The molecule has 1 nitrogen and oxygen atoms in total. The van der Waals surface area contributed by atoms with Crippen molar-refractivity contribution in [2.24, 2.45) is 5.92 Å². The molecule has 0 aromatic heterocycles. The van der Waals surface area contributed by atoms with E-state index in [9.17, 15) is 0 Å². The van der Waals surface area contributed by atoms with E-state index in [4.69, 9.17) is 29.0 Å². The molecule has 1 aliphatic heterocycles. The Bertz CT molecular complexity index is 883. The lowest BCUT2D eigenvalue weighted by molar-refractivity contribution is 0.158. The van der Waals surface area contributed by atoms with Crippen LogP contribution in [-0.4, -0.2) is 10.3 Å². The third-order valence-electron chi connectivity index (χ3n) is 5.54. The zero-order valence-corrected chi connectivity index (χ0v) is 15.4. The SMILES string of the molecule is CC1(C)C=C(c2ccc(Cl)cc2)c2ccc(C3C4CC43S)cc2O1. The molecule has 0 saturated heterocycles. The van der Waals surface area contributed by atoms with Crippen LogP contribution in [0.1, 0.15) is 42.9 Å². The summed E-state index contributed by atoms with van der Waals surface area (Å²) in [5, 5.41) is 0.758. The number of fused-ring (bicyclic) bond motifs is 2. The van der Waals surface area contributed by atoms with Gasteiger partial charge in [0.2, 0.25) is 0 Å². The molecule has 0 bridgehead atoms. The number of hydrogen-bond acceptors (Lipinski definition) is 2. The zero-order valence-electron chi connectivity index (χ0n) is 13.7. The molecule has 3 aliphatic rings. The summed E-state index contributed by atoms with van der Waals surface area (Å²) in [7, 11) is 0. The van der Waals surface area contributed by atoms with Crippen molar-refractivity contribution in [2.75, 3.05) is 0 Å². The Labute approximate surface area is 153 Å². The van der Waals surface area contributed by atoms with Crippen molar-refractivity contribution in [3.8, 4) is 5.75 Å². The van der Waals surface area contributed by atoms with Crippen molar-refractivity contribution >= 4 is 29.8 Å². The Hall–Kier alpha value is -1.38. The first-order chi connectivity index (χ1) is 11.4. The maximum atomic E-state index is 6.27. The van der Waals surface area contributed by atoms with Crippen molar-refractivity contribution < 1.29 is 4.74 Å². The molecule has 1 heterocycles. The molecule has 2 aromatic rings. The van der Waals surface area contributed by atoms with Crippen LogP contribution in [0, 0.1) is 5.92 Å². The van der Waals surface area contributed by atoms with Gasteiger partial charge in [0.1, 0.15) is 11.4 Å². The van der Waals surface area contributed by atoms with Gasteiger partial charge in [0.05, 0.1) is 0 Å². The lowest BCUT2D eigenvalue weighted by Crippen LogP contribution is -2.29. The van der Waals surface area contributed by atoms with E-state index in [0.717, 1.165) is 22.3 Å². The summed E-state index contributed by atoms with van der Waals surface area (Å²) >= 11 is 10.8. The molecule has 0 radical (unpaired) electrons. The molecule has 0 N–H and O–H groups in total. The van der Waals surface area contributed by atoms with Crippen LogP contribution in [0.25, 0.3) is 5.57 Å². The average Bonchev–Trinajstić information content (AvgIpc) is 3.34. The molecule has 2 aromatic carbocycles. The normalized spacial score (nSPS) is 31.4. The molecule has 3 unspecified atom stereocenters. The van der Waals surface area contributed by atoms with E-state index in [-0.39, 0.29) is 10.3 Å². The third kappa shape index (κ3) is 2.16. The summed E-state index contributed by atoms with van der Waals surface area (Å²) in [6.07, 6.45) is 3.47. The lowest BCUT2D eigenvalue weighted by atomic mass is 9.88. The number of thiol groups is 1. The van der Waals surface area contributed by atoms with Crippen molar-refractivity contribution in [3.63, 3.8) is 0 Å². The van der Waals surface area contributed by atoms with Gasteiger partial charge >= 0.3 is 0 Å². The lowest BCUT2D eigenvalue weighted by Gasteiger charge is -2.32. The Balaban J connectivity index is 1.59. The Morgan fingerprint density at radius 1 is 1.12 bits per heavy atom. The van der Waals surface area contributed by atoms with Gasteiger partial charge in [-0.3, -0.25) is 0 Å². The smallest absolute Gasteiger partial charge is 0.128 e. The number of benzene rings is 2. The fourth-order valence-electron chi connectivity index (χ4n) is 4.05. The number of rotatable bonds is 2. The number of ether oxygens (including phenoxy) is 1. The van der Waals surface area contributed by atoms with Gasteiger partial charge in [-0.1, -0.05) is 35.9 Å². The second-order valence-corrected chi connectivity index (χ2v) is 9.07. The highest BCUT2D eigenvalue weighted by molar-refractivity contribution is 7.82. The van der Waals surface area contributed by atoms with E-state index >= 15 is 0 Å². The highest BCUT2D eigenvalue weighted by atomic mass is 35.5. The van der Waals surface area contributed by atoms with Crippen molar-refractivity contribution in [1.82, 2.24) is 0 Å². The topological polar surface area (TPSA) is 9.23 Å². The van der Waals surface area contributed by atoms with Crippen LogP contribution in [0.5, 0.6) is 5.75 Å². The van der Waals surface area contributed by atoms with Gasteiger partial charge in [0.25, 0.3) is 0 Å². The van der Waals surface area contributed by atoms with E-state index in [1.54, 1.807) is 0 Å².